The predicted octanol–water partition coefficient (Wildman–Crippen LogP) is 3.86. The van der Waals surface area contributed by atoms with Crippen molar-refractivity contribution in [2.45, 2.75) is 57.2 Å². The zero-order valence-corrected chi connectivity index (χ0v) is 15.8. The Morgan fingerprint density at radius 3 is 2.70 bits per heavy atom. The lowest BCUT2D eigenvalue weighted by molar-refractivity contribution is -0.132. The minimum atomic E-state index is -0.368. The zero-order chi connectivity index (χ0) is 18.9. The highest BCUT2D eigenvalue weighted by Gasteiger charge is 2.39. The summed E-state index contributed by atoms with van der Waals surface area (Å²) in [5.41, 5.74) is 1.86. The molecule has 1 aromatic heterocycles. The molecule has 0 bridgehead atoms. The average molecular weight is 363 g/mol. The summed E-state index contributed by atoms with van der Waals surface area (Å²) >= 11 is 0. The van der Waals surface area contributed by atoms with Gasteiger partial charge in [-0.05, 0) is 31.9 Å². The van der Waals surface area contributed by atoms with Gasteiger partial charge in [0.1, 0.15) is 5.82 Å². The number of rotatable bonds is 6. The Bertz CT molecular complexity index is 908. The Kier molecular flexibility index (Phi) is 4.69. The first-order valence-electron chi connectivity index (χ1n) is 9.71. The van der Waals surface area contributed by atoms with Gasteiger partial charge in [-0.3, -0.25) is 4.79 Å². The Labute approximate surface area is 159 Å². The summed E-state index contributed by atoms with van der Waals surface area (Å²) in [6.07, 6.45) is 9.83. The number of hydrogen-bond donors (Lipinski definition) is 0. The number of imidazole rings is 1. The summed E-state index contributed by atoms with van der Waals surface area (Å²) in [4.78, 5) is 19.3. The molecule has 0 spiro atoms. The van der Waals surface area contributed by atoms with Gasteiger partial charge in [0.25, 0.3) is 0 Å². The highest BCUT2D eigenvalue weighted by atomic mass is 16.2. The first-order valence-corrected chi connectivity index (χ1v) is 9.71. The van der Waals surface area contributed by atoms with E-state index in [9.17, 15) is 4.79 Å². The van der Waals surface area contributed by atoms with Gasteiger partial charge in [0.15, 0.2) is 5.66 Å². The van der Waals surface area contributed by atoms with E-state index in [0.717, 1.165) is 43.7 Å². The smallest absolute Gasteiger partial charge is 0.222 e. The Balaban J connectivity index is 1.33. The zero-order valence-electron chi connectivity index (χ0n) is 15.8. The van der Waals surface area contributed by atoms with Crippen LogP contribution in [0.5, 0.6) is 0 Å². The van der Waals surface area contributed by atoms with Crippen LogP contribution in [-0.2, 0) is 4.79 Å². The van der Waals surface area contributed by atoms with E-state index in [-0.39, 0.29) is 11.6 Å². The molecule has 0 radical (unpaired) electrons. The van der Waals surface area contributed by atoms with Gasteiger partial charge in [-0.15, -0.1) is 12.3 Å². The summed E-state index contributed by atoms with van der Waals surface area (Å²) in [5, 5.41) is 8.24. The molecule has 1 aromatic carbocycles. The number of piperidine rings is 1. The van der Waals surface area contributed by atoms with Crippen LogP contribution in [0.25, 0.3) is 11.0 Å². The van der Waals surface area contributed by atoms with Crippen molar-refractivity contribution in [2.24, 2.45) is 10.2 Å². The molecule has 4 rings (SSSR count). The van der Waals surface area contributed by atoms with Crippen LogP contribution < -0.4 is 0 Å². The van der Waals surface area contributed by atoms with Crippen molar-refractivity contribution in [2.75, 3.05) is 13.1 Å². The van der Waals surface area contributed by atoms with E-state index in [2.05, 4.69) is 50.8 Å². The predicted molar refractivity (Wildman–Crippen MR) is 104 cm³/mol. The van der Waals surface area contributed by atoms with Crippen LogP contribution >= 0.6 is 0 Å². The molecular weight excluding hydrogens is 338 g/mol. The maximum Gasteiger partial charge on any atom is 0.222 e. The summed E-state index contributed by atoms with van der Waals surface area (Å²) in [5.74, 6) is 3.88. The van der Waals surface area contributed by atoms with E-state index in [1.807, 2.05) is 11.0 Å². The maximum atomic E-state index is 12.6. The third-order valence-corrected chi connectivity index (χ3v) is 5.75. The molecule has 0 N–H and O–H groups in total. The fourth-order valence-corrected chi connectivity index (χ4v) is 4.13. The van der Waals surface area contributed by atoms with Gasteiger partial charge < -0.3 is 9.47 Å². The van der Waals surface area contributed by atoms with E-state index in [1.165, 1.54) is 5.52 Å². The monoisotopic (exact) mass is 363 g/mol. The van der Waals surface area contributed by atoms with Crippen LogP contribution in [0.15, 0.2) is 34.5 Å². The lowest BCUT2D eigenvalue weighted by atomic mass is 10.00. The molecule has 0 aliphatic carbocycles. The van der Waals surface area contributed by atoms with Crippen LogP contribution in [0.1, 0.15) is 50.4 Å². The fourth-order valence-electron chi connectivity index (χ4n) is 4.13. The Morgan fingerprint density at radius 1 is 1.26 bits per heavy atom. The molecule has 0 saturated carbocycles. The van der Waals surface area contributed by atoms with Gasteiger partial charge in [0.05, 0.1) is 11.0 Å². The standard InChI is InChI=1S/C21H25N5O/c1-3-4-12-21(23-24-21)13-9-20(27)25-14-10-17(11-15-25)26-16(2)22-18-7-5-6-8-19(18)26/h1,5-8,17H,4,9-15H2,2H3. The molecule has 0 atom stereocenters. The van der Waals surface area contributed by atoms with Gasteiger partial charge in [-0.2, -0.15) is 10.2 Å². The highest BCUT2D eigenvalue weighted by molar-refractivity contribution is 5.77. The highest BCUT2D eigenvalue weighted by Crippen LogP contribution is 2.38. The molecule has 1 fully saturated rings. The molecule has 140 valence electrons. The number of hydrogen-bond acceptors (Lipinski definition) is 4. The van der Waals surface area contributed by atoms with E-state index in [1.54, 1.807) is 0 Å². The van der Waals surface area contributed by atoms with Crippen molar-refractivity contribution < 1.29 is 4.79 Å². The average Bonchev–Trinajstić information content (AvgIpc) is 3.39. The largest absolute Gasteiger partial charge is 0.343 e. The number of aromatic nitrogens is 2. The van der Waals surface area contributed by atoms with Crippen LogP contribution in [0, 0.1) is 19.3 Å². The van der Waals surface area contributed by atoms with Crippen molar-refractivity contribution in [3.8, 4) is 12.3 Å². The van der Waals surface area contributed by atoms with E-state index >= 15 is 0 Å². The van der Waals surface area contributed by atoms with Gasteiger partial charge in [0.2, 0.25) is 5.91 Å². The number of para-hydroxylation sites is 2. The third kappa shape index (κ3) is 3.59. The van der Waals surface area contributed by atoms with Crippen molar-refractivity contribution in [3.63, 3.8) is 0 Å². The van der Waals surface area contributed by atoms with Gasteiger partial charge in [-0.1, -0.05) is 12.1 Å². The molecule has 2 aromatic rings. The summed E-state index contributed by atoms with van der Waals surface area (Å²) < 4.78 is 2.34. The lowest BCUT2D eigenvalue weighted by Gasteiger charge is -2.33. The molecule has 6 nitrogen and oxygen atoms in total. The first kappa shape index (κ1) is 17.7. The van der Waals surface area contributed by atoms with Crippen molar-refractivity contribution >= 4 is 16.9 Å². The molecule has 1 amide bonds. The van der Waals surface area contributed by atoms with Crippen molar-refractivity contribution in [1.82, 2.24) is 14.5 Å². The summed E-state index contributed by atoms with van der Waals surface area (Å²) in [7, 11) is 0. The van der Waals surface area contributed by atoms with Gasteiger partial charge in [-0.25, -0.2) is 4.98 Å². The van der Waals surface area contributed by atoms with E-state index < -0.39 is 0 Å². The molecule has 2 aliphatic rings. The van der Waals surface area contributed by atoms with Gasteiger partial charge >= 0.3 is 0 Å². The Morgan fingerprint density at radius 2 is 2.00 bits per heavy atom. The number of aryl methyl sites for hydroxylation is 1. The van der Waals surface area contributed by atoms with Crippen molar-refractivity contribution in [3.05, 3.63) is 30.1 Å². The molecular formula is C21H25N5O. The Hall–Kier alpha value is -2.68. The van der Waals surface area contributed by atoms with Crippen LogP contribution in [0.2, 0.25) is 0 Å². The summed E-state index contributed by atoms with van der Waals surface area (Å²) in [6, 6.07) is 8.67. The molecule has 3 heterocycles. The number of nitrogens with zero attached hydrogens (tertiary/aromatic N) is 5. The molecule has 2 aliphatic heterocycles. The minimum absolute atomic E-state index is 0.207. The molecule has 6 heteroatoms. The van der Waals surface area contributed by atoms with Crippen LogP contribution in [0.3, 0.4) is 0 Å². The number of amides is 1. The number of likely N-dealkylation sites (tertiary alicyclic amines) is 1. The second-order valence-corrected chi connectivity index (χ2v) is 7.52. The maximum absolute atomic E-state index is 12.6. The number of terminal acetylenes is 1. The molecule has 1 saturated heterocycles. The van der Waals surface area contributed by atoms with Crippen LogP contribution in [-0.4, -0.2) is 39.1 Å². The minimum Gasteiger partial charge on any atom is -0.343 e. The topological polar surface area (TPSA) is 62.9 Å². The van der Waals surface area contributed by atoms with E-state index in [0.29, 0.717) is 25.3 Å². The number of carbonyl (C=O) groups is 1. The van der Waals surface area contributed by atoms with E-state index in [4.69, 9.17) is 6.42 Å². The lowest BCUT2D eigenvalue weighted by Crippen LogP contribution is -2.39. The second kappa shape index (κ2) is 7.15. The normalized spacial score (nSPS) is 18.6. The second-order valence-electron chi connectivity index (χ2n) is 7.52. The third-order valence-electron chi connectivity index (χ3n) is 5.75. The van der Waals surface area contributed by atoms with Gasteiger partial charge in [0, 0.05) is 44.8 Å². The first-order chi connectivity index (χ1) is 13.1. The van der Waals surface area contributed by atoms with Crippen LogP contribution in [0.4, 0.5) is 0 Å². The summed E-state index contributed by atoms with van der Waals surface area (Å²) in [6.45, 7) is 3.65. The number of carbonyl (C=O) groups excluding carboxylic acids is 1. The number of fused-ring (bicyclic) bond motifs is 1. The van der Waals surface area contributed by atoms with Crippen molar-refractivity contribution in [1.29, 1.82) is 0 Å². The quantitative estimate of drug-likeness (QED) is 0.732. The SMILES string of the molecule is C#CCCC1(CCC(=O)N2CCC(n3c(C)nc4ccccc43)CC2)N=N1. The molecule has 27 heavy (non-hydrogen) atoms. The fraction of sp³-hybridized carbons (Fsp3) is 0.524. The number of benzene rings is 1. The molecule has 0 unspecified atom stereocenters.